The highest BCUT2D eigenvalue weighted by Gasteiger charge is 2.24. The molecule has 0 aliphatic heterocycles. The molecular formula is C21H22N2O5S. The van der Waals surface area contributed by atoms with Crippen molar-refractivity contribution in [2.45, 2.75) is 18.2 Å². The first-order valence-electron chi connectivity index (χ1n) is 8.94. The number of nitrogens with one attached hydrogen (secondary N) is 1. The number of hydrogen-bond donors (Lipinski definition) is 1. The highest BCUT2D eigenvalue weighted by molar-refractivity contribution is 7.88. The van der Waals surface area contributed by atoms with Crippen molar-refractivity contribution in [3.8, 4) is 5.75 Å². The average Bonchev–Trinajstić information content (AvgIpc) is 3.22. The second kappa shape index (κ2) is 8.93. The number of nitrogens with zero attached hydrogens (tertiary/aromatic N) is 1. The molecule has 0 saturated heterocycles. The van der Waals surface area contributed by atoms with Gasteiger partial charge >= 0.3 is 0 Å². The number of benzene rings is 2. The van der Waals surface area contributed by atoms with E-state index in [2.05, 4.69) is 5.32 Å². The van der Waals surface area contributed by atoms with Crippen LogP contribution >= 0.6 is 0 Å². The van der Waals surface area contributed by atoms with E-state index in [4.69, 9.17) is 9.15 Å². The summed E-state index contributed by atoms with van der Waals surface area (Å²) in [6, 6.07) is 18.9. The monoisotopic (exact) mass is 414 g/mol. The summed E-state index contributed by atoms with van der Waals surface area (Å²) < 4.78 is 37.8. The van der Waals surface area contributed by atoms with E-state index in [-0.39, 0.29) is 24.2 Å². The number of hydrogen-bond acceptors (Lipinski definition) is 5. The average molecular weight is 414 g/mol. The summed E-state index contributed by atoms with van der Waals surface area (Å²) in [5, 5.41) is 2.41. The molecule has 1 aromatic heterocycles. The summed E-state index contributed by atoms with van der Waals surface area (Å²) in [6.45, 7) is 0.310. The number of carbonyl (C=O) groups excluding carboxylic acids is 1. The molecule has 7 nitrogen and oxygen atoms in total. The van der Waals surface area contributed by atoms with E-state index in [1.165, 1.54) is 17.4 Å². The minimum absolute atomic E-state index is 0.0667. The third-order valence-corrected chi connectivity index (χ3v) is 5.95. The van der Waals surface area contributed by atoms with Crippen LogP contribution in [0.2, 0.25) is 0 Å². The Balaban J connectivity index is 1.63. The summed E-state index contributed by atoms with van der Waals surface area (Å²) in [6.07, 6.45) is 0. The fourth-order valence-electron chi connectivity index (χ4n) is 2.65. The highest BCUT2D eigenvalue weighted by Crippen LogP contribution is 2.21. The number of sulfonamides is 1. The van der Waals surface area contributed by atoms with Gasteiger partial charge in [-0.1, -0.05) is 30.3 Å². The normalized spacial score (nSPS) is 11.4. The molecule has 0 aliphatic rings. The molecular weight excluding hydrogens is 392 g/mol. The van der Waals surface area contributed by atoms with Crippen LogP contribution in [0.3, 0.4) is 0 Å². The SMILES string of the molecule is CNC(=O)c1ccc(OCc2ccc(S(=O)(=O)N(C)Cc3ccccc3)o2)cc1. The van der Waals surface area contributed by atoms with Gasteiger partial charge in [-0.05, 0) is 42.0 Å². The van der Waals surface area contributed by atoms with Gasteiger partial charge in [-0.25, -0.2) is 8.42 Å². The predicted molar refractivity (Wildman–Crippen MR) is 108 cm³/mol. The van der Waals surface area contributed by atoms with E-state index in [9.17, 15) is 13.2 Å². The summed E-state index contributed by atoms with van der Waals surface area (Å²) in [5.74, 6) is 0.740. The van der Waals surface area contributed by atoms with Crippen molar-refractivity contribution in [3.63, 3.8) is 0 Å². The molecule has 3 rings (SSSR count). The molecule has 1 amide bonds. The van der Waals surface area contributed by atoms with E-state index in [1.807, 2.05) is 30.3 Å². The van der Waals surface area contributed by atoms with Gasteiger partial charge in [0.15, 0.2) is 0 Å². The first-order chi connectivity index (χ1) is 13.9. The lowest BCUT2D eigenvalue weighted by atomic mass is 10.2. The maximum absolute atomic E-state index is 12.7. The van der Waals surface area contributed by atoms with Gasteiger partial charge in [0.2, 0.25) is 5.09 Å². The van der Waals surface area contributed by atoms with Gasteiger partial charge in [0.1, 0.15) is 18.1 Å². The number of amides is 1. The molecule has 0 unspecified atom stereocenters. The lowest BCUT2D eigenvalue weighted by Crippen LogP contribution is -2.26. The summed E-state index contributed by atoms with van der Waals surface area (Å²) in [4.78, 5) is 11.5. The second-order valence-electron chi connectivity index (χ2n) is 6.36. The maximum atomic E-state index is 12.7. The van der Waals surface area contributed by atoms with Crippen LogP contribution in [0, 0.1) is 0 Å². The molecule has 0 radical (unpaired) electrons. The number of ether oxygens (including phenoxy) is 1. The summed E-state index contributed by atoms with van der Waals surface area (Å²) in [7, 11) is -0.680. The van der Waals surface area contributed by atoms with Crippen LogP contribution in [-0.2, 0) is 23.2 Å². The molecule has 0 spiro atoms. The van der Waals surface area contributed by atoms with Crippen LogP contribution < -0.4 is 10.1 Å². The molecule has 3 aromatic rings. The largest absolute Gasteiger partial charge is 0.486 e. The molecule has 0 aliphatic carbocycles. The Morgan fingerprint density at radius 3 is 2.38 bits per heavy atom. The molecule has 0 atom stereocenters. The first kappa shape index (κ1) is 20.6. The van der Waals surface area contributed by atoms with Crippen LogP contribution in [0.15, 0.2) is 76.2 Å². The van der Waals surface area contributed by atoms with Gasteiger partial charge in [-0.3, -0.25) is 4.79 Å². The van der Waals surface area contributed by atoms with Crippen molar-refractivity contribution < 1.29 is 22.4 Å². The molecule has 0 saturated carbocycles. The zero-order valence-corrected chi connectivity index (χ0v) is 17.0. The third kappa shape index (κ3) is 5.04. The molecule has 1 heterocycles. The Bertz CT molecular complexity index is 1060. The Hall–Kier alpha value is -3.10. The number of carbonyl (C=O) groups is 1. The van der Waals surface area contributed by atoms with Gasteiger partial charge in [0.05, 0.1) is 0 Å². The molecule has 0 bridgehead atoms. The number of furan rings is 1. The van der Waals surface area contributed by atoms with Crippen LogP contribution in [0.5, 0.6) is 5.75 Å². The molecule has 8 heteroatoms. The lowest BCUT2D eigenvalue weighted by molar-refractivity contribution is 0.0963. The van der Waals surface area contributed by atoms with Crippen LogP contribution in [0.4, 0.5) is 0 Å². The minimum atomic E-state index is -3.75. The van der Waals surface area contributed by atoms with Crippen molar-refractivity contribution in [3.05, 3.63) is 83.6 Å². The van der Waals surface area contributed by atoms with E-state index in [0.717, 1.165) is 5.56 Å². The van der Waals surface area contributed by atoms with Crippen molar-refractivity contribution >= 4 is 15.9 Å². The molecule has 2 aromatic carbocycles. The Kier molecular flexibility index (Phi) is 6.36. The molecule has 29 heavy (non-hydrogen) atoms. The second-order valence-corrected chi connectivity index (χ2v) is 8.34. The van der Waals surface area contributed by atoms with E-state index in [0.29, 0.717) is 17.1 Å². The zero-order valence-electron chi connectivity index (χ0n) is 16.2. The predicted octanol–water partition coefficient (Wildman–Crippen LogP) is 3.04. The van der Waals surface area contributed by atoms with Crippen LogP contribution in [0.1, 0.15) is 21.7 Å². The Morgan fingerprint density at radius 1 is 1.03 bits per heavy atom. The van der Waals surface area contributed by atoms with Crippen LogP contribution in [-0.4, -0.2) is 32.7 Å². The maximum Gasteiger partial charge on any atom is 0.276 e. The van der Waals surface area contributed by atoms with Crippen molar-refractivity contribution in [1.82, 2.24) is 9.62 Å². The van der Waals surface area contributed by atoms with Gasteiger partial charge in [-0.15, -0.1) is 0 Å². The first-order valence-corrected chi connectivity index (χ1v) is 10.4. The fourth-order valence-corrected chi connectivity index (χ4v) is 3.73. The Labute approximate surface area is 170 Å². The highest BCUT2D eigenvalue weighted by atomic mass is 32.2. The molecule has 152 valence electrons. The van der Waals surface area contributed by atoms with E-state index >= 15 is 0 Å². The van der Waals surface area contributed by atoms with Crippen molar-refractivity contribution in [1.29, 1.82) is 0 Å². The van der Waals surface area contributed by atoms with E-state index in [1.54, 1.807) is 37.4 Å². The van der Waals surface area contributed by atoms with E-state index < -0.39 is 10.0 Å². The van der Waals surface area contributed by atoms with Crippen molar-refractivity contribution in [2.24, 2.45) is 0 Å². The topological polar surface area (TPSA) is 88.8 Å². The lowest BCUT2D eigenvalue weighted by Gasteiger charge is -2.15. The van der Waals surface area contributed by atoms with Crippen LogP contribution in [0.25, 0.3) is 0 Å². The molecule has 1 N–H and O–H groups in total. The van der Waals surface area contributed by atoms with Gasteiger partial charge in [0.25, 0.3) is 15.9 Å². The smallest absolute Gasteiger partial charge is 0.276 e. The number of rotatable bonds is 8. The van der Waals surface area contributed by atoms with Gasteiger partial charge < -0.3 is 14.5 Å². The van der Waals surface area contributed by atoms with Gasteiger partial charge in [0, 0.05) is 26.2 Å². The van der Waals surface area contributed by atoms with Crippen molar-refractivity contribution in [2.75, 3.05) is 14.1 Å². The standard InChI is InChI=1S/C21H22N2O5S/c1-22-21(24)17-8-10-18(11-9-17)27-15-19-12-13-20(28-19)29(25,26)23(2)14-16-6-4-3-5-7-16/h3-13H,14-15H2,1-2H3,(H,22,24). The summed E-state index contributed by atoms with van der Waals surface area (Å²) in [5.41, 5.74) is 1.40. The fraction of sp³-hybridized carbons (Fsp3) is 0.190. The zero-order chi connectivity index (χ0) is 20.9. The molecule has 0 fully saturated rings. The minimum Gasteiger partial charge on any atom is -0.486 e. The van der Waals surface area contributed by atoms with Gasteiger partial charge in [-0.2, -0.15) is 4.31 Å². The third-order valence-electron chi connectivity index (χ3n) is 4.27. The summed E-state index contributed by atoms with van der Waals surface area (Å²) >= 11 is 0. The quantitative estimate of drug-likeness (QED) is 0.612. The Morgan fingerprint density at radius 2 is 1.72 bits per heavy atom.